The quantitative estimate of drug-likeness (QED) is 0.121. The van der Waals surface area contributed by atoms with E-state index in [4.69, 9.17) is 14.5 Å². The van der Waals surface area contributed by atoms with E-state index in [1.807, 2.05) is 4.90 Å². The van der Waals surface area contributed by atoms with E-state index in [1.165, 1.54) is 12.1 Å². The number of nitro groups is 1. The number of rotatable bonds is 8. The Morgan fingerprint density at radius 1 is 1.12 bits per heavy atom. The third-order valence-electron chi connectivity index (χ3n) is 5.54. The van der Waals surface area contributed by atoms with Crippen LogP contribution in [-0.2, 0) is 20.8 Å². The van der Waals surface area contributed by atoms with Crippen molar-refractivity contribution < 1.29 is 19.2 Å². The number of piperazine rings is 1. The third kappa shape index (κ3) is 8.68. The Balaban J connectivity index is 0.00000385. The summed E-state index contributed by atoms with van der Waals surface area (Å²) in [5, 5.41) is 14.2. The summed E-state index contributed by atoms with van der Waals surface area (Å²) in [5.74, 6) is 0.937. The van der Waals surface area contributed by atoms with Crippen LogP contribution in [0, 0.1) is 10.1 Å². The number of methoxy groups -OCH3 is 1. The Bertz CT molecular complexity index is 780. The number of benzene rings is 1. The number of halogens is 1. The minimum absolute atomic E-state index is 0. The second-order valence-corrected chi connectivity index (χ2v) is 7.74. The Morgan fingerprint density at radius 3 is 2.39 bits per heavy atom. The zero-order valence-electron chi connectivity index (χ0n) is 19.0. The van der Waals surface area contributed by atoms with Gasteiger partial charge in [-0.25, -0.2) is 4.99 Å². The van der Waals surface area contributed by atoms with E-state index in [0.717, 1.165) is 37.7 Å². The molecule has 2 heterocycles. The summed E-state index contributed by atoms with van der Waals surface area (Å²) in [5.41, 5.74) is 0.968. The normalized spacial score (nSPS) is 17.4. The van der Waals surface area contributed by atoms with Crippen molar-refractivity contribution in [3.8, 4) is 0 Å². The highest BCUT2D eigenvalue weighted by molar-refractivity contribution is 14.0. The molecule has 33 heavy (non-hydrogen) atoms. The first kappa shape index (κ1) is 27.2. The summed E-state index contributed by atoms with van der Waals surface area (Å²) >= 11 is 0. The van der Waals surface area contributed by atoms with Crippen LogP contribution in [0.3, 0.4) is 0 Å². The Hall–Kier alpha value is -2.03. The maximum atomic E-state index is 12.5. The molecule has 2 saturated heterocycles. The predicted molar refractivity (Wildman–Crippen MR) is 135 cm³/mol. The molecule has 2 fully saturated rings. The zero-order valence-corrected chi connectivity index (χ0v) is 21.3. The molecule has 11 nitrogen and oxygen atoms in total. The molecule has 0 unspecified atom stereocenters. The zero-order chi connectivity index (χ0) is 22.8. The van der Waals surface area contributed by atoms with Gasteiger partial charge in [0, 0.05) is 65.1 Å². The largest absolute Gasteiger partial charge is 0.383 e. The first-order chi connectivity index (χ1) is 15.6. The summed E-state index contributed by atoms with van der Waals surface area (Å²) in [6.07, 6.45) is 0. The van der Waals surface area contributed by atoms with Crippen LogP contribution in [0.1, 0.15) is 5.56 Å². The molecule has 2 aliphatic rings. The van der Waals surface area contributed by atoms with Gasteiger partial charge in [0.25, 0.3) is 5.69 Å². The molecule has 0 spiro atoms. The molecule has 1 amide bonds. The van der Waals surface area contributed by atoms with Gasteiger partial charge in [-0.2, -0.15) is 0 Å². The molecule has 1 aromatic carbocycles. The van der Waals surface area contributed by atoms with Gasteiger partial charge in [-0.3, -0.25) is 19.8 Å². The Morgan fingerprint density at radius 2 is 1.79 bits per heavy atom. The second kappa shape index (κ2) is 14.3. The predicted octanol–water partition coefficient (Wildman–Crippen LogP) is 0.781. The highest BCUT2D eigenvalue weighted by Crippen LogP contribution is 2.13. The van der Waals surface area contributed by atoms with Gasteiger partial charge in [0.1, 0.15) is 0 Å². The molecule has 3 rings (SSSR count). The van der Waals surface area contributed by atoms with E-state index in [-0.39, 0.29) is 35.6 Å². The molecule has 0 atom stereocenters. The number of guanidine groups is 1. The third-order valence-corrected chi connectivity index (χ3v) is 5.54. The van der Waals surface area contributed by atoms with Gasteiger partial charge in [-0.1, -0.05) is 12.1 Å². The molecule has 0 radical (unpaired) electrons. The van der Waals surface area contributed by atoms with E-state index in [1.54, 1.807) is 19.2 Å². The summed E-state index contributed by atoms with van der Waals surface area (Å²) in [4.78, 5) is 33.9. The van der Waals surface area contributed by atoms with Gasteiger partial charge >= 0.3 is 0 Å². The lowest BCUT2D eigenvalue weighted by Gasteiger charge is -2.37. The van der Waals surface area contributed by atoms with Crippen molar-refractivity contribution in [3.05, 3.63) is 39.9 Å². The molecule has 0 saturated carbocycles. The van der Waals surface area contributed by atoms with Crippen molar-refractivity contribution in [1.82, 2.24) is 20.0 Å². The summed E-state index contributed by atoms with van der Waals surface area (Å²) in [6.45, 7) is 7.67. The van der Waals surface area contributed by atoms with E-state index < -0.39 is 4.92 Å². The highest BCUT2D eigenvalue weighted by Gasteiger charge is 2.24. The second-order valence-electron chi connectivity index (χ2n) is 7.74. The maximum absolute atomic E-state index is 12.5. The lowest BCUT2D eigenvalue weighted by molar-refractivity contribution is -0.384. The first-order valence-corrected chi connectivity index (χ1v) is 10.9. The number of morpholine rings is 1. The molecular formula is C21H33IN6O5. The van der Waals surface area contributed by atoms with E-state index in [2.05, 4.69) is 15.1 Å². The van der Waals surface area contributed by atoms with E-state index in [0.29, 0.717) is 52.5 Å². The molecular weight excluding hydrogens is 543 g/mol. The van der Waals surface area contributed by atoms with Crippen LogP contribution in [0.2, 0.25) is 0 Å². The van der Waals surface area contributed by atoms with Crippen molar-refractivity contribution in [2.75, 3.05) is 79.3 Å². The number of carbonyl (C=O) groups excluding carboxylic acids is 1. The van der Waals surface area contributed by atoms with E-state index in [9.17, 15) is 14.9 Å². The average molecular weight is 576 g/mol. The minimum Gasteiger partial charge on any atom is -0.383 e. The van der Waals surface area contributed by atoms with Crippen molar-refractivity contribution in [2.24, 2.45) is 4.99 Å². The van der Waals surface area contributed by atoms with Crippen LogP contribution in [0.15, 0.2) is 29.3 Å². The summed E-state index contributed by atoms with van der Waals surface area (Å²) in [7, 11) is 1.65. The van der Waals surface area contributed by atoms with Gasteiger partial charge < -0.3 is 24.6 Å². The van der Waals surface area contributed by atoms with Crippen LogP contribution >= 0.6 is 24.0 Å². The number of hydrogen-bond donors (Lipinski definition) is 1. The Labute approximate surface area is 211 Å². The highest BCUT2D eigenvalue weighted by atomic mass is 127. The lowest BCUT2D eigenvalue weighted by atomic mass is 10.2. The molecule has 184 valence electrons. The number of aliphatic imine (C=N–C) groups is 1. The van der Waals surface area contributed by atoms with Crippen LogP contribution in [-0.4, -0.2) is 111 Å². The van der Waals surface area contributed by atoms with Crippen molar-refractivity contribution in [1.29, 1.82) is 0 Å². The minimum atomic E-state index is -0.409. The van der Waals surface area contributed by atoms with Gasteiger partial charge in [0.05, 0.1) is 37.8 Å². The average Bonchev–Trinajstić information content (AvgIpc) is 2.82. The molecule has 1 aromatic rings. The lowest BCUT2D eigenvalue weighted by Crippen LogP contribution is -2.55. The molecule has 12 heteroatoms. The van der Waals surface area contributed by atoms with Crippen LogP contribution in [0.4, 0.5) is 5.69 Å². The number of nitro benzene ring substituents is 1. The van der Waals surface area contributed by atoms with Gasteiger partial charge in [-0.05, 0) is 5.56 Å². The molecule has 1 N–H and O–H groups in total. The van der Waals surface area contributed by atoms with Gasteiger partial charge in [0.2, 0.25) is 5.91 Å². The fourth-order valence-electron chi connectivity index (χ4n) is 3.64. The monoisotopic (exact) mass is 576 g/mol. The topological polar surface area (TPSA) is 113 Å². The van der Waals surface area contributed by atoms with Crippen molar-refractivity contribution >= 4 is 41.5 Å². The van der Waals surface area contributed by atoms with Crippen LogP contribution in [0.5, 0.6) is 0 Å². The number of nitrogens with zero attached hydrogens (tertiary/aromatic N) is 5. The number of carbonyl (C=O) groups is 1. The van der Waals surface area contributed by atoms with Gasteiger partial charge in [-0.15, -0.1) is 24.0 Å². The standard InChI is InChI=1S/C21H32N6O5.HI/c1-31-13-6-22-21(23-16-18-2-4-19(5-3-18)27(29)30)26-9-7-24(8-10-26)17-20(28)25-11-14-32-15-12-25;/h2-5H,6-17H2,1H3,(H,22,23);1H. The van der Waals surface area contributed by atoms with Crippen LogP contribution in [0.25, 0.3) is 0 Å². The fourth-order valence-corrected chi connectivity index (χ4v) is 3.64. The number of nitrogens with one attached hydrogen (secondary N) is 1. The molecule has 0 aromatic heterocycles. The van der Waals surface area contributed by atoms with Crippen molar-refractivity contribution in [3.63, 3.8) is 0 Å². The Kier molecular flexibility index (Phi) is 11.8. The van der Waals surface area contributed by atoms with E-state index >= 15 is 0 Å². The maximum Gasteiger partial charge on any atom is 0.269 e. The van der Waals surface area contributed by atoms with Crippen molar-refractivity contribution in [2.45, 2.75) is 6.54 Å². The first-order valence-electron chi connectivity index (χ1n) is 10.9. The fraction of sp³-hybridized carbons (Fsp3) is 0.619. The smallest absolute Gasteiger partial charge is 0.269 e. The number of amides is 1. The number of non-ortho nitro benzene ring substituents is 1. The molecule has 0 aliphatic carbocycles. The SMILES string of the molecule is COCCNC(=NCc1ccc([N+](=O)[O-])cc1)N1CCN(CC(=O)N2CCOCC2)CC1.I. The number of ether oxygens (including phenoxy) is 2. The summed E-state index contributed by atoms with van der Waals surface area (Å²) in [6, 6.07) is 6.44. The molecule has 0 bridgehead atoms. The summed E-state index contributed by atoms with van der Waals surface area (Å²) < 4.78 is 10.5. The molecule has 2 aliphatic heterocycles. The van der Waals surface area contributed by atoms with Crippen LogP contribution < -0.4 is 5.32 Å². The number of hydrogen-bond acceptors (Lipinski definition) is 7. The van der Waals surface area contributed by atoms with Gasteiger partial charge in [0.15, 0.2) is 5.96 Å².